The molecular weight excluding hydrogens is 218 g/mol. The van der Waals surface area contributed by atoms with Gasteiger partial charge < -0.3 is 10.1 Å². The normalized spacial score (nSPS) is 10.5. The summed E-state index contributed by atoms with van der Waals surface area (Å²) >= 11 is 0. The van der Waals surface area contributed by atoms with Crippen LogP contribution in [0.25, 0.3) is 5.69 Å². The highest BCUT2D eigenvalue weighted by Gasteiger charge is 2.04. The van der Waals surface area contributed by atoms with E-state index in [-0.39, 0.29) is 0 Å². The summed E-state index contributed by atoms with van der Waals surface area (Å²) in [7, 11) is 3.53. The van der Waals surface area contributed by atoms with Crippen molar-refractivity contribution in [2.75, 3.05) is 20.7 Å². The van der Waals surface area contributed by atoms with Gasteiger partial charge in [-0.1, -0.05) is 6.07 Å². The van der Waals surface area contributed by atoms with E-state index in [4.69, 9.17) is 4.74 Å². The molecule has 0 amide bonds. The van der Waals surface area contributed by atoms with E-state index < -0.39 is 0 Å². The van der Waals surface area contributed by atoms with Crippen LogP contribution in [-0.2, 0) is 6.42 Å². The number of benzene rings is 1. The zero-order valence-electron chi connectivity index (χ0n) is 9.92. The van der Waals surface area contributed by atoms with Gasteiger partial charge in [0, 0.05) is 19.0 Å². The molecule has 0 atom stereocenters. The van der Waals surface area contributed by atoms with Crippen LogP contribution in [-0.4, -0.2) is 40.9 Å². The van der Waals surface area contributed by atoms with Gasteiger partial charge >= 0.3 is 0 Å². The zero-order valence-corrected chi connectivity index (χ0v) is 9.92. The number of likely N-dealkylation sites (N-methyl/N-ethyl adjacent to an activating group) is 1. The van der Waals surface area contributed by atoms with E-state index >= 15 is 0 Å². The van der Waals surface area contributed by atoms with Crippen molar-refractivity contribution < 1.29 is 4.74 Å². The van der Waals surface area contributed by atoms with Gasteiger partial charge in [-0.15, -0.1) is 15.0 Å². The summed E-state index contributed by atoms with van der Waals surface area (Å²) in [5.41, 5.74) is 0.840. The van der Waals surface area contributed by atoms with Gasteiger partial charge in [0.2, 0.25) is 0 Å². The summed E-state index contributed by atoms with van der Waals surface area (Å²) in [5.74, 6) is 1.50. The third-order valence-electron chi connectivity index (χ3n) is 2.34. The Morgan fingerprint density at radius 1 is 1.41 bits per heavy atom. The maximum absolute atomic E-state index is 5.15. The third-order valence-corrected chi connectivity index (χ3v) is 2.34. The topological polar surface area (TPSA) is 64.9 Å². The van der Waals surface area contributed by atoms with Crippen molar-refractivity contribution >= 4 is 0 Å². The molecule has 0 spiro atoms. The second-order valence-electron chi connectivity index (χ2n) is 3.55. The van der Waals surface area contributed by atoms with Crippen LogP contribution in [0.2, 0.25) is 0 Å². The molecule has 6 heteroatoms. The molecule has 2 aromatic rings. The average Bonchev–Trinajstić information content (AvgIpc) is 2.85. The molecule has 0 bridgehead atoms. The highest BCUT2D eigenvalue weighted by Crippen LogP contribution is 2.14. The molecule has 0 saturated heterocycles. The summed E-state index contributed by atoms with van der Waals surface area (Å²) < 4.78 is 5.15. The molecule has 0 fully saturated rings. The quantitative estimate of drug-likeness (QED) is 0.811. The Kier molecular flexibility index (Phi) is 3.66. The molecule has 0 aliphatic carbocycles. The smallest absolute Gasteiger partial charge is 0.176 e. The van der Waals surface area contributed by atoms with Gasteiger partial charge in [-0.05, 0) is 24.4 Å². The summed E-state index contributed by atoms with van der Waals surface area (Å²) in [6.07, 6.45) is 0.764. The Morgan fingerprint density at radius 3 is 3.06 bits per heavy atom. The van der Waals surface area contributed by atoms with Gasteiger partial charge in [0.05, 0.1) is 12.8 Å². The van der Waals surface area contributed by atoms with Crippen molar-refractivity contribution in [3.63, 3.8) is 0 Å². The molecule has 1 N–H and O–H groups in total. The second kappa shape index (κ2) is 5.40. The van der Waals surface area contributed by atoms with Crippen molar-refractivity contribution in [1.29, 1.82) is 0 Å². The van der Waals surface area contributed by atoms with Crippen LogP contribution in [0.1, 0.15) is 5.82 Å². The summed E-state index contributed by atoms with van der Waals surface area (Å²) in [4.78, 5) is 1.51. The minimum Gasteiger partial charge on any atom is -0.497 e. The predicted octanol–water partition coefficient (Wildman–Crippen LogP) is 0.433. The highest BCUT2D eigenvalue weighted by molar-refractivity contribution is 5.37. The number of aromatic nitrogens is 4. The van der Waals surface area contributed by atoms with E-state index in [1.165, 1.54) is 4.80 Å². The van der Waals surface area contributed by atoms with E-state index in [1.54, 1.807) is 7.11 Å². The molecule has 90 valence electrons. The van der Waals surface area contributed by atoms with E-state index in [2.05, 4.69) is 20.7 Å². The van der Waals surface area contributed by atoms with E-state index in [0.717, 1.165) is 30.2 Å². The molecule has 17 heavy (non-hydrogen) atoms. The van der Waals surface area contributed by atoms with Crippen molar-refractivity contribution in [3.05, 3.63) is 30.1 Å². The lowest BCUT2D eigenvalue weighted by atomic mass is 10.3. The molecule has 2 rings (SSSR count). The maximum atomic E-state index is 5.15. The van der Waals surface area contributed by atoms with Crippen molar-refractivity contribution in [3.8, 4) is 11.4 Å². The van der Waals surface area contributed by atoms with Crippen LogP contribution in [0.3, 0.4) is 0 Å². The molecule has 0 radical (unpaired) electrons. The molecular formula is C11H15N5O. The monoisotopic (exact) mass is 233 g/mol. The fraction of sp³-hybridized carbons (Fsp3) is 0.364. The van der Waals surface area contributed by atoms with E-state index in [0.29, 0.717) is 0 Å². The van der Waals surface area contributed by atoms with Crippen LogP contribution in [0.15, 0.2) is 24.3 Å². The predicted molar refractivity (Wildman–Crippen MR) is 63.3 cm³/mol. The number of nitrogens with one attached hydrogen (secondary N) is 1. The molecule has 0 aliphatic rings. The van der Waals surface area contributed by atoms with Gasteiger partial charge in [-0.3, -0.25) is 0 Å². The highest BCUT2D eigenvalue weighted by atomic mass is 16.5. The van der Waals surface area contributed by atoms with Gasteiger partial charge in [0.25, 0.3) is 0 Å². The standard InChI is InChI=1S/C11H15N5O/c1-12-7-6-11-13-15-16(14-11)9-4-3-5-10(8-9)17-2/h3-5,8,12H,6-7H2,1-2H3. The summed E-state index contributed by atoms with van der Waals surface area (Å²) in [5, 5.41) is 15.3. The van der Waals surface area contributed by atoms with Crippen molar-refractivity contribution in [2.45, 2.75) is 6.42 Å². The van der Waals surface area contributed by atoms with Crippen LogP contribution >= 0.6 is 0 Å². The third kappa shape index (κ3) is 2.79. The largest absolute Gasteiger partial charge is 0.497 e. The molecule has 1 aromatic heterocycles. The summed E-state index contributed by atoms with van der Waals surface area (Å²) in [6, 6.07) is 7.54. The molecule has 0 aliphatic heterocycles. The van der Waals surface area contributed by atoms with Gasteiger partial charge in [0.1, 0.15) is 5.75 Å². The number of tetrazole rings is 1. The number of hydrogen-bond acceptors (Lipinski definition) is 5. The van der Waals surface area contributed by atoms with Crippen molar-refractivity contribution in [2.24, 2.45) is 0 Å². The number of methoxy groups -OCH3 is 1. The Labute approximate surface area is 99.6 Å². The maximum Gasteiger partial charge on any atom is 0.176 e. The Morgan fingerprint density at radius 2 is 2.29 bits per heavy atom. The first-order valence-corrected chi connectivity index (χ1v) is 5.41. The van der Waals surface area contributed by atoms with Crippen LogP contribution < -0.4 is 10.1 Å². The van der Waals surface area contributed by atoms with Crippen LogP contribution in [0.5, 0.6) is 5.75 Å². The fourth-order valence-corrected chi connectivity index (χ4v) is 1.42. The number of hydrogen-bond donors (Lipinski definition) is 1. The first-order valence-electron chi connectivity index (χ1n) is 5.41. The van der Waals surface area contributed by atoms with Crippen LogP contribution in [0, 0.1) is 0 Å². The van der Waals surface area contributed by atoms with E-state index in [1.807, 2.05) is 31.3 Å². The lowest BCUT2D eigenvalue weighted by Gasteiger charge is -2.01. The number of nitrogens with zero attached hydrogens (tertiary/aromatic N) is 4. The SMILES string of the molecule is CNCCc1nnn(-c2cccc(OC)c2)n1. The minimum atomic E-state index is 0.724. The lowest BCUT2D eigenvalue weighted by Crippen LogP contribution is -2.11. The fourth-order valence-electron chi connectivity index (χ4n) is 1.42. The average molecular weight is 233 g/mol. The van der Waals surface area contributed by atoms with E-state index in [9.17, 15) is 0 Å². The molecule has 1 aromatic carbocycles. The second-order valence-corrected chi connectivity index (χ2v) is 3.55. The molecule has 0 unspecified atom stereocenters. The molecule has 1 heterocycles. The van der Waals surface area contributed by atoms with Gasteiger partial charge in [-0.2, -0.15) is 0 Å². The van der Waals surface area contributed by atoms with Gasteiger partial charge in [-0.25, -0.2) is 0 Å². The van der Waals surface area contributed by atoms with Gasteiger partial charge in [0.15, 0.2) is 5.82 Å². The van der Waals surface area contributed by atoms with Crippen molar-refractivity contribution in [1.82, 2.24) is 25.5 Å². The summed E-state index contributed by atoms with van der Waals surface area (Å²) in [6.45, 7) is 0.837. The number of ether oxygens (including phenoxy) is 1. The Balaban J connectivity index is 2.18. The molecule has 0 saturated carbocycles. The first kappa shape index (κ1) is 11.5. The Bertz CT molecular complexity index is 482. The zero-order chi connectivity index (χ0) is 12.1. The lowest BCUT2D eigenvalue weighted by molar-refractivity contribution is 0.414. The number of rotatable bonds is 5. The molecule has 6 nitrogen and oxygen atoms in total. The van der Waals surface area contributed by atoms with Crippen LogP contribution in [0.4, 0.5) is 0 Å². The minimum absolute atomic E-state index is 0.724. The first-order chi connectivity index (χ1) is 8.33. The Hall–Kier alpha value is -1.95.